The lowest BCUT2D eigenvalue weighted by molar-refractivity contribution is 0.781. The Kier molecular flexibility index (Phi) is 2.52. The first-order valence-corrected chi connectivity index (χ1v) is 6.10. The Balaban J connectivity index is 2.19. The molecule has 3 rings (SSSR count). The van der Waals surface area contributed by atoms with E-state index in [2.05, 4.69) is 54.4 Å². The van der Waals surface area contributed by atoms with Gasteiger partial charge in [0.1, 0.15) is 0 Å². The lowest BCUT2D eigenvalue weighted by Crippen LogP contribution is -2.02. The Hall–Kier alpha value is -2.29. The van der Waals surface area contributed by atoms with E-state index in [1.54, 1.807) is 0 Å². The van der Waals surface area contributed by atoms with Crippen molar-refractivity contribution < 1.29 is 0 Å². The van der Waals surface area contributed by atoms with E-state index in [1.807, 2.05) is 10.8 Å². The Morgan fingerprint density at radius 2 is 1.89 bits per heavy atom. The fourth-order valence-electron chi connectivity index (χ4n) is 2.30. The predicted molar refractivity (Wildman–Crippen MR) is 75.3 cm³/mol. The zero-order valence-corrected chi connectivity index (χ0v) is 10.3. The monoisotopic (exact) mass is 237 g/mol. The normalized spacial score (nSPS) is 10.9. The molecule has 3 nitrogen and oxygen atoms in total. The summed E-state index contributed by atoms with van der Waals surface area (Å²) in [6.07, 6.45) is 1.84. The van der Waals surface area contributed by atoms with Crippen molar-refractivity contribution in [3.8, 4) is 11.3 Å². The Morgan fingerprint density at radius 3 is 2.67 bits per heavy atom. The van der Waals surface area contributed by atoms with E-state index >= 15 is 0 Å². The van der Waals surface area contributed by atoms with E-state index in [0.29, 0.717) is 5.95 Å². The maximum atomic E-state index is 5.85. The largest absolute Gasteiger partial charge is 0.369 e. The number of nitrogens with zero attached hydrogens (tertiary/aromatic N) is 2. The topological polar surface area (TPSA) is 43.8 Å². The van der Waals surface area contributed by atoms with Crippen molar-refractivity contribution in [2.24, 2.45) is 0 Å². The van der Waals surface area contributed by atoms with Crippen LogP contribution in [0.5, 0.6) is 0 Å². The number of nitrogens with two attached hydrogens (primary N) is 1. The van der Waals surface area contributed by atoms with Crippen LogP contribution in [0.15, 0.2) is 48.7 Å². The van der Waals surface area contributed by atoms with E-state index < -0.39 is 0 Å². The van der Waals surface area contributed by atoms with Gasteiger partial charge in [-0.2, -0.15) is 0 Å². The molecule has 0 aliphatic rings. The maximum Gasteiger partial charge on any atom is 0.200 e. The number of aromatic nitrogens is 2. The van der Waals surface area contributed by atoms with E-state index in [-0.39, 0.29) is 0 Å². The summed E-state index contributed by atoms with van der Waals surface area (Å²) in [6.45, 7) is 2.90. The lowest BCUT2D eigenvalue weighted by Gasteiger charge is -2.08. The third-order valence-corrected chi connectivity index (χ3v) is 3.25. The third kappa shape index (κ3) is 1.64. The number of hydrogen-bond acceptors (Lipinski definition) is 2. The average molecular weight is 237 g/mol. The van der Waals surface area contributed by atoms with E-state index in [1.165, 1.54) is 10.8 Å². The number of fused-ring (bicyclic) bond motifs is 1. The van der Waals surface area contributed by atoms with Crippen LogP contribution >= 0.6 is 0 Å². The zero-order chi connectivity index (χ0) is 12.5. The second-order valence-electron chi connectivity index (χ2n) is 4.31. The molecule has 2 aromatic carbocycles. The maximum absolute atomic E-state index is 5.85. The number of imidazole rings is 1. The molecule has 0 aliphatic carbocycles. The summed E-state index contributed by atoms with van der Waals surface area (Å²) in [4.78, 5) is 4.18. The van der Waals surface area contributed by atoms with Gasteiger partial charge in [0.05, 0.1) is 11.9 Å². The first kappa shape index (κ1) is 10.8. The van der Waals surface area contributed by atoms with Gasteiger partial charge in [0, 0.05) is 12.1 Å². The quantitative estimate of drug-likeness (QED) is 0.743. The SMILES string of the molecule is CCn1c(-c2ccc3ccccc3c2)cnc1N. The molecule has 0 radical (unpaired) electrons. The molecule has 3 heteroatoms. The number of anilines is 1. The molecule has 0 bridgehead atoms. The van der Waals surface area contributed by atoms with Gasteiger partial charge in [0.15, 0.2) is 0 Å². The highest BCUT2D eigenvalue weighted by Crippen LogP contribution is 2.25. The van der Waals surface area contributed by atoms with Crippen LogP contribution in [0.2, 0.25) is 0 Å². The van der Waals surface area contributed by atoms with Crippen LogP contribution in [-0.4, -0.2) is 9.55 Å². The van der Waals surface area contributed by atoms with Crippen LogP contribution in [-0.2, 0) is 6.54 Å². The number of benzene rings is 2. The molecule has 0 fully saturated rings. The molecular weight excluding hydrogens is 222 g/mol. The van der Waals surface area contributed by atoms with Crippen molar-refractivity contribution >= 4 is 16.7 Å². The minimum Gasteiger partial charge on any atom is -0.369 e. The highest BCUT2D eigenvalue weighted by atomic mass is 15.1. The third-order valence-electron chi connectivity index (χ3n) is 3.25. The van der Waals surface area contributed by atoms with Gasteiger partial charge in [-0.05, 0) is 23.8 Å². The van der Waals surface area contributed by atoms with Crippen molar-refractivity contribution in [2.45, 2.75) is 13.5 Å². The Labute approximate surface area is 106 Å². The van der Waals surface area contributed by atoms with E-state index in [0.717, 1.165) is 17.8 Å². The minimum absolute atomic E-state index is 0.570. The first-order valence-electron chi connectivity index (χ1n) is 6.10. The van der Waals surface area contributed by atoms with E-state index in [4.69, 9.17) is 5.73 Å². The summed E-state index contributed by atoms with van der Waals surface area (Å²) >= 11 is 0. The minimum atomic E-state index is 0.570. The van der Waals surface area contributed by atoms with Crippen LogP contribution < -0.4 is 5.73 Å². The van der Waals surface area contributed by atoms with Crippen molar-refractivity contribution in [1.29, 1.82) is 0 Å². The fourth-order valence-corrected chi connectivity index (χ4v) is 2.30. The van der Waals surface area contributed by atoms with Crippen LogP contribution in [0.4, 0.5) is 5.95 Å². The molecule has 0 unspecified atom stereocenters. The van der Waals surface area contributed by atoms with Crippen LogP contribution in [0.1, 0.15) is 6.92 Å². The van der Waals surface area contributed by atoms with Crippen LogP contribution in [0.3, 0.4) is 0 Å². The summed E-state index contributed by atoms with van der Waals surface area (Å²) in [7, 11) is 0. The average Bonchev–Trinajstić information content (AvgIpc) is 2.79. The molecule has 1 aromatic heterocycles. The summed E-state index contributed by atoms with van der Waals surface area (Å²) in [5.41, 5.74) is 8.08. The number of hydrogen-bond donors (Lipinski definition) is 1. The molecule has 0 atom stereocenters. The van der Waals surface area contributed by atoms with Gasteiger partial charge in [0.2, 0.25) is 5.95 Å². The molecule has 0 saturated heterocycles. The molecule has 0 spiro atoms. The molecule has 3 aromatic rings. The van der Waals surface area contributed by atoms with Gasteiger partial charge in [-0.15, -0.1) is 0 Å². The highest BCUT2D eigenvalue weighted by Gasteiger charge is 2.08. The number of nitrogen functional groups attached to an aromatic ring is 1. The van der Waals surface area contributed by atoms with Crippen LogP contribution in [0, 0.1) is 0 Å². The first-order chi connectivity index (χ1) is 8.79. The van der Waals surface area contributed by atoms with E-state index in [9.17, 15) is 0 Å². The van der Waals surface area contributed by atoms with Crippen molar-refractivity contribution in [3.05, 3.63) is 48.7 Å². The molecule has 1 heterocycles. The van der Waals surface area contributed by atoms with Crippen molar-refractivity contribution in [2.75, 3.05) is 5.73 Å². The standard InChI is InChI=1S/C15H15N3/c1-2-18-14(10-17-15(18)16)13-8-7-11-5-3-4-6-12(11)9-13/h3-10H,2H2,1H3,(H2,16,17). The van der Waals surface area contributed by atoms with Gasteiger partial charge in [-0.1, -0.05) is 36.4 Å². The lowest BCUT2D eigenvalue weighted by atomic mass is 10.1. The molecular formula is C15H15N3. The number of rotatable bonds is 2. The van der Waals surface area contributed by atoms with Crippen molar-refractivity contribution in [1.82, 2.24) is 9.55 Å². The summed E-state index contributed by atoms with van der Waals surface area (Å²) in [6, 6.07) is 14.8. The van der Waals surface area contributed by atoms with Gasteiger partial charge in [-0.25, -0.2) is 4.98 Å². The molecule has 18 heavy (non-hydrogen) atoms. The zero-order valence-electron chi connectivity index (χ0n) is 10.3. The highest BCUT2D eigenvalue weighted by molar-refractivity contribution is 5.86. The predicted octanol–water partition coefficient (Wildman–Crippen LogP) is 3.31. The fraction of sp³-hybridized carbons (Fsp3) is 0.133. The molecule has 0 saturated carbocycles. The Bertz CT molecular complexity index is 698. The summed E-state index contributed by atoms with van der Waals surface area (Å²) in [5.74, 6) is 0.570. The van der Waals surface area contributed by atoms with Gasteiger partial charge in [-0.3, -0.25) is 0 Å². The molecule has 90 valence electrons. The molecule has 0 amide bonds. The second kappa shape index (κ2) is 4.18. The smallest absolute Gasteiger partial charge is 0.200 e. The summed E-state index contributed by atoms with van der Waals surface area (Å²) < 4.78 is 2.02. The van der Waals surface area contributed by atoms with Crippen molar-refractivity contribution in [3.63, 3.8) is 0 Å². The van der Waals surface area contributed by atoms with Gasteiger partial charge >= 0.3 is 0 Å². The van der Waals surface area contributed by atoms with Gasteiger partial charge in [0.25, 0.3) is 0 Å². The van der Waals surface area contributed by atoms with Crippen LogP contribution in [0.25, 0.3) is 22.0 Å². The summed E-state index contributed by atoms with van der Waals surface area (Å²) in [5, 5.41) is 2.48. The second-order valence-corrected chi connectivity index (χ2v) is 4.31. The molecule has 0 aliphatic heterocycles. The Morgan fingerprint density at radius 1 is 1.11 bits per heavy atom. The van der Waals surface area contributed by atoms with Gasteiger partial charge < -0.3 is 10.3 Å². The molecule has 2 N–H and O–H groups in total.